The standard InChI is InChI=1S/C24H27NO6/c1-16-13-19(17(2)25(16)12-8-4-5-11-23(27)29-3)20(26)15-30-24(28)22-14-18-9-6-7-10-21(18)31-22/h6-7,9-10,13-14H,4-5,8,11-12,15H2,1-3H3. The number of methoxy groups -OCH3 is 1. The first-order valence-corrected chi connectivity index (χ1v) is 10.3. The highest BCUT2D eigenvalue weighted by molar-refractivity contribution is 6.00. The molecule has 0 unspecified atom stereocenters. The van der Waals surface area contributed by atoms with Crippen LogP contribution in [0.4, 0.5) is 0 Å². The molecule has 0 spiro atoms. The van der Waals surface area contributed by atoms with Crippen molar-refractivity contribution >= 4 is 28.7 Å². The number of furan rings is 1. The summed E-state index contributed by atoms with van der Waals surface area (Å²) in [6.07, 6.45) is 2.97. The minimum atomic E-state index is -0.663. The second kappa shape index (κ2) is 10.1. The fourth-order valence-corrected chi connectivity index (χ4v) is 3.61. The quantitative estimate of drug-likeness (QED) is 0.267. The zero-order valence-corrected chi connectivity index (χ0v) is 18.1. The Hall–Kier alpha value is -3.35. The minimum Gasteiger partial charge on any atom is -0.469 e. The summed E-state index contributed by atoms with van der Waals surface area (Å²) in [4.78, 5) is 36.1. The van der Waals surface area contributed by atoms with Crippen molar-refractivity contribution in [1.29, 1.82) is 0 Å². The van der Waals surface area contributed by atoms with Crippen molar-refractivity contribution in [3.05, 3.63) is 59.1 Å². The molecule has 0 N–H and O–H groups in total. The normalized spacial score (nSPS) is 10.9. The Morgan fingerprint density at radius 3 is 2.55 bits per heavy atom. The van der Waals surface area contributed by atoms with Crippen molar-refractivity contribution < 1.29 is 28.3 Å². The number of ketones is 1. The topological polar surface area (TPSA) is 87.7 Å². The highest BCUT2D eigenvalue weighted by Gasteiger charge is 2.19. The van der Waals surface area contributed by atoms with E-state index in [1.54, 1.807) is 12.1 Å². The first-order valence-electron chi connectivity index (χ1n) is 10.3. The van der Waals surface area contributed by atoms with E-state index in [0.717, 1.165) is 42.6 Å². The predicted octanol–water partition coefficient (Wildman–Crippen LogP) is 4.62. The average Bonchev–Trinajstić information content (AvgIpc) is 3.32. The molecular formula is C24H27NO6. The number of benzene rings is 1. The first kappa shape index (κ1) is 22.3. The molecule has 0 saturated carbocycles. The predicted molar refractivity (Wildman–Crippen MR) is 115 cm³/mol. The van der Waals surface area contributed by atoms with E-state index in [1.807, 2.05) is 38.1 Å². The molecule has 164 valence electrons. The van der Waals surface area contributed by atoms with E-state index in [9.17, 15) is 14.4 Å². The fourth-order valence-electron chi connectivity index (χ4n) is 3.61. The second-order valence-electron chi connectivity index (χ2n) is 7.47. The van der Waals surface area contributed by atoms with Crippen LogP contribution in [0, 0.1) is 13.8 Å². The lowest BCUT2D eigenvalue weighted by molar-refractivity contribution is -0.140. The molecule has 0 saturated heterocycles. The van der Waals surface area contributed by atoms with Gasteiger partial charge in [0.2, 0.25) is 11.5 Å². The van der Waals surface area contributed by atoms with Crippen LogP contribution in [0.1, 0.15) is 58.0 Å². The van der Waals surface area contributed by atoms with Crippen LogP contribution in [0.15, 0.2) is 40.8 Å². The van der Waals surface area contributed by atoms with E-state index in [0.29, 0.717) is 17.6 Å². The van der Waals surface area contributed by atoms with Crippen molar-refractivity contribution in [2.24, 2.45) is 0 Å². The van der Waals surface area contributed by atoms with Gasteiger partial charge in [-0.25, -0.2) is 4.79 Å². The molecule has 1 aromatic carbocycles. The average molecular weight is 425 g/mol. The summed E-state index contributed by atoms with van der Waals surface area (Å²) in [6, 6.07) is 10.7. The van der Waals surface area contributed by atoms with E-state index < -0.39 is 5.97 Å². The third kappa shape index (κ3) is 5.42. The van der Waals surface area contributed by atoms with Crippen molar-refractivity contribution in [2.75, 3.05) is 13.7 Å². The number of ether oxygens (including phenoxy) is 2. The van der Waals surface area contributed by atoms with Crippen molar-refractivity contribution in [3.8, 4) is 0 Å². The van der Waals surface area contributed by atoms with Crippen molar-refractivity contribution in [3.63, 3.8) is 0 Å². The molecule has 0 fully saturated rings. The second-order valence-corrected chi connectivity index (χ2v) is 7.47. The molecule has 2 heterocycles. The minimum absolute atomic E-state index is 0.0754. The Kier molecular flexibility index (Phi) is 7.28. The van der Waals surface area contributed by atoms with Crippen LogP contribution in [0.3, 0.4) is 0 Å². The largest absolute Gasteiger partial charge is 0.469 e. The van der Waals surface area contributed by atoms with E-state index in [4.69, 9.17) is 9.15 Å². The lowest BCUT2D eigenvalue weighted by Crippen LogP contribution is -2.14. The lowest BCUT2D eigenvalue weighted by atomic mass is 10.1. The number of fused-ring (bicyclic) bond motifs is 1. The van der Waals surface area contributed by atoms with Gasteiger partial charge in [0.25, 0.3) is 0 Å². The zero-order chi connectivity index (χ0) is 22.4. The van der Waals surface area contributed by atoms with E-state index >= 15 is 0 Å². The van der Waals surface area contributed by atoms with Crippen LogP contribution in [0.5, 0.6) is 0 Å². The summed E-state index contributed by atoms with van der Waals surface area (Å²) in [6.45, 7) is 4.23. The van der Waals surface area contributed by atoms with Crippen LogP contribution in [-0.4, -0.2) is 36.0 Å². The summed E-state index contributed by atoms with van der Waals surface area (Å²) >= 11 is 0. The third-order valence-electron chi connectivity index (χ3n) is 5.33. The Labute approximate surface area is 180 Å². The van der Waals surface area contributed by atoms with Crippen molar-refractivity contribution in [1.82, 2.24) is 4.57 Å². The molecule has 0 aliphatic rings. The van der Waals surface area contributed by atoms with Gasteiger partial charge >= 0.3 is 11.9 Å². The molecule has 0 atom stereocenters. The van der Waals surface area contributed by atoms with E-state index in [1.165, 1.54) is 7.11 Å². The Bertz CT molecular complexity index is 1060. The van der Waals surface area contributed by atoms with Crippen LogP contribution >= 0.6 is 0 Å². The molecular weight excluding hydrogens is 398 g/mol. The number of carbonyl (C=O) groups excluding carboxylic acids is 3. The van der Waals surface area contributed by atoms with Gasteiger partial charge in [-0.15, -0.1) is 0 Å². The van der Waals surface area contributed by atoms with Crippen LogP contribution in [0.2, 0.25) is 0 Å². The summed E-state index contributed by atoms with van der Waals surface area (Å²) < 4.78 is 17.4. The van der Waals surface area contributed by atoms with Gasteiger partial charge in [0.05, 0.1) is 7.11 Å². The summed E-state index contributed by atoms with van der Waals surface area (Å²) in [7, 11) is 1.39. The number of Topliss-reactive ketones (excluding diaryl/α,β-unsaturated/α-hetero) is 1. The molecule has 0 aliphatic carbocycles. The maximum atomic E-state index is 12.7. The molecule has 3 rings (SSSR count). The van der Waals surface area contributed by atoms with E-state index in [-0.39, 0.29) is 24.1 Å². The molecule has 0 amide bonds. The van der Waals surface area contributed by atoms with Crippen LogP contribution in [0.25, 0.3) is 11.0 Å². The number of hydrogen-bond acceptors (Lipinski definition) is 6. The number of nitrogens with zero attached hydrogens (tertiary/aromatic N) is 1. The molecule has 31 heavy (non-hydrogen) atoms. The molecule has 3 aromatic rings. The third-order valence-corrected chi connectivity index (χ3v) is 5.33. The number of rotatable bonds is 10. The zero-order valence-electron chi connectivity index (χ0n) is 18.1. The summed E-state index contributed by atoms with van der Waals surface area (Å²) in [5.41, 5.74) is 2.95. The first-order chi connectivity index (χ1) is 14.9. The van der Waals surface area contributed by atoms with Gasteiger partial charge < -0.3 is 18.5 Å². The highest BCUT2D eigenvalue weighted by Crippen LogP contribution is 2.20. The van der Waals surface area contributed by atoms with Gasteiger partial charge in [0.1, 0.15) is 5.58 Å². The number of esters is 2. The smallest absolute Gasteiger partial charge is 0.374 e. The highest BCUT2D eigenvalue weighted by atomic mass is 16.5. The summed E-state index contributed by atoms with van der Waals surface area (Å²) in [5, 5.41) is 0.802. The summed E-state index contributed by atoms with van der Waals surface area (Å²) in [5.74, 6) is -1.04. The Morgan fingerprint density at radius 2 is 1.81 bits per heavy atom. The molecule has 0 bridgehead atoms. The molecule has 0 aliphatic heterocycles. The number of aryl methyl sites for hydroxylation is 1. The van der Waals surface area contributed by atoms with Gasteiger partial charge in [0, 0.05) is 35.3 Å². The van der Waals surface area contributed by atoms with Gasteiger partial charge in [0.15, 0.2) is 6.61 Å². The molecule has 0 radical (unpaired) electrons. The maximum absolute atomic E-state index is 12.7. The molecule has 7 nitrogen and oxygen atoms in total. The fraction of sp³-hybridized carbons (Fsp3) is 0.375. The van der Waals surface area contributed by atoms with Gasteiger partial charge in [-0.05, 0) is 44.9 Å². The number of hydrogen-bond donors (Lipinski definition) is 0. The lowest BCUT2D eigenvalue weighted by Gasteiger charge is -2.09. The van der Waals surface area contributed by atoms with Gasteiger partial charge in [-0.1, -0.05) is 24.6 Å². The monoisotopic (exact) mass is 425 g/mol. The number of carbonyl (C=O) groups is 3. The Balaban J connectivity index is 1.54. The maximum Gasteiger partial charge on any atom is 0.374 e. The van der Waals surface area contributed by atoms with E-state index in [2.05, 4.69) is 9.30 Å². The number of unbranched alkanes of at least 4 members (excludes halogenated alkanes) is 2. The SMILES string of the molecule is COC(=O)CCCCCn1c(C)cc(C(=O)COC(=O)c2cc3ccccc3o2)c1C. The Morgan fingerprint density at radius 1 is 1.03 bits per heavy atom. The molecule has 2 aromatic heterocycles. The van der Waals surface area contributed by atoms with Crippen LogP contribution < -0.4 is 0 Å². The number of aromatic nitrogens is 1. The number of para-hydroxylation sites is 1. The van der Waals surface area contributed by atoms with Gasteiger partial charge in [-0.3, -0.25) is 9.59 Å². The molecule has 7 heteroatoms. The van der Waals surface area contributed by atoms with Crippen molar-refractivity contribution in [2.45, 2.75) is 46.1 Å². The van der Waals surface area contributed by atoms with Crippen LogP contribution in [-0.2, 0) is 20.8 Å². The van der Waals surface area contributed by atoms with Gasteiger partial charge in [-0.2, -0.15) is 0 Å².